The molecule has 1 aromatic carbocycles. The Labute approximate surface area is 121 Å². The lowest BCUT2D eigenvalue weighted by molar-refractivity contribution is 0.0898. The van der Waals surface area contributed by atoms with Gasteiger partial charge in [-0.3, -0.25) is 4.90 Å². The van der Waals surface area contributed by atoms with Gasteiger partial charge in [0.2, 0.25) is 0 Å². The maximum absolute atomic E-state index is 10.3. The van der Waals surface area contributed by atoms with Gasteiger partial charge in [-0.25, -0.2) is 0 Å². The molecule has 20 heavy (non-hydrogen) atoms. The van der Waals surface area contributed by atoms with Crippen molar-refractivity contribution < 1.29 is 14.6 Å². The normalized spacial score (nSPS) is 21.1. The van der Waals surface area contributed by atoms with Gasteiger partial charge < -0.3 is 14.6 Å². The van der Waals surface area contributed by atoms with E-state index in [4.69, 9.17) is 9.47 Å². The van der Waals surface area contributed by atoms with Crippen LogP contribution in [0.4, 0.5) is 0 Å². The molecule has 4 heteroatoms. The summed E-state index contributed by atoms with van der Waals surface area (Å²) in [5.41, 5.74) is 0.940. The van der Waals surface area contributed by atoms with Crippen LogP contribution in [0.3, 0.4) is 0 Å². The minimum Gasteiger partial charge on any atom is -0.494 e. The minimum atomic E-state index is -0.453. The predicted octanol–water partition coefficient (Wildman–Crippen LogP) is 2.23. The molecule has 2 atom stereocenters. The number of β-amino-alcohol motifs (C(OH)–C–C–N with tert-alkyl or cyclic N) is 1. The zero-order valence-corrected chi connectivity index (χ0v) is 12.4. The Bertz CT molecular complexity index is 393. The van der Waals surface area contributed by atoms with Crippen LogP contribution in [0.1, 0.15) is 31.4 Å². The second-order valence-electron chi connectivity index (χ2n) is 5.34. The Morgan fingerprint density at radius 1 is 1.35 bits per heavy atom. The van der Waals surface area contributed by atoms with Gasteiger partial charge in [-0.2, -0.15) is 0 Å². The molecule has 0 spiro atoms. The van der Waals surface area contributed by atoms with Crippen molar-refractivity contribution in [3.63, 3.8) is 0 Å². The van der Waals surface area contributed by atoms with Crippen LogP contribution >= 0.6 is 0 Å². The molecular weight excluding hydrogens is 254 g/mol. The summed E-state index contributed by atoms with van der Waals surface area (Å²) in [5, 5.41) is 10.3. The number of rotatable bonds is 7. The van der Waals surface area contributed by atoms with E-state index in [9.17, 15) is 5.11 Å². The maximum atomic E-state index is 10.3. The Morgan fingerprint density at radius 2 is 2.10 bits per heavy atom. The van der Waals surface area contributed by atoms with Gasteiger partial charge in [-0.1, -0.05) is 19.1 Å². The molecule has 1 aromatic rings. The molecule has 0 bridgehead atoms. The maximum Gasteiger partial charge on any atom is 0.119 e. The molecule has 1 N–H and O–H groups in total. The Hall–Kier alpha value is -1.10. The van der Waals surface area contributed by atoms with Crippen molar-refractivity contribution >= 4 is 0 Å². The first-order valence-electron chi connectivity index (χ1n) is 7.39. The fourth-order valence-electron chi connectivity index (χ4n) is 2.51. The highest BCUT2D eigenvalue weighted by Crippen LogP contribution is 2.21. The number of hydrogen-bond acceptors (Lipinski definition) is 4. The molecule has 0 saturated carbocycles. The van der Waals surface area contributed by atoms with Crippen LogP contribution in [0, 0.1) is 0 Å². The number of nitrogens with zero attached hydrogens (tertiary/aromatic N) is 1. The van der Waals surface area contributed by atoms with Gasteiger partial charge in [-0.05, 0) is 30.5 Å². The van der Waals surface area contributed by atoms with E-state index >= 15 is 0 Å². The lowest BCUT2D eigenvalue weighted by Crippen LogP contribution is -2.27. The molecule has 0 radical (unpaired) electrons. The third-order valence-electron chi connectivity index (χ3n) is 3.73. The number of aliphatic hydroxyl groups excluding tert-OH is 1. The second-order valence-corrected chi connectivity index (χ2v) is 5.34. The van der Waals surface area contributed by atoms with Gasteiger partial charge in [0.25, 0.3) is 0 Å². The van der Waals surface area contributed by atoms with E-state index in [1.54, 1.807) is 7.11 Å². The SMILES string of the molecule is CCCOc1ccc(C(O)CN2CCC(OC)C2)cc1. The molecule has 2 unspecified atom stereocenters. The number of hydrogen-bond donors (Lipinski definition) is 1. The van der Waals surface area contributed by atoms with E-state index in [0.29, 0.717) is 12.6 Å². The Morgan fingerprint density at radius 3 is 2.70 bits per heavy atom. The highest BCUT2D eigenvalue weighted by atomic mass is 16.5. The highest BCUT2D eigenvalue weighted by Gasteiger charge is 2.24. The van der Waals surface area contributed by atoms with Gasteiger partial charge in [0.15, 0.2) is 0 Å². The molecule has 0 aliphatic carbocycles. The van der Waals surface area contributed by atoms with Crippen molar-refractivity contribution in [2.45, 2.75) is 32.0 Å². The van der Waals surface area contributed by atoms with Gasteiger partial charge in [0.1, 0.15) is 5.75 Å². The van der Waals surface area contributed by atoms with Crippen molar-refractivity contribution in [3.8, 4) is 5.75 Å². The van der Waals surface area contributed by atoms with Crippen LogP contribution in [0.2, 0.25) is 0 Å². The van der Waals surface area contributed by atoms with Crippen LogP contribution in [0.5, 0.6) is 5.75 Å². The minimum absolute atomic E-state index is 0.312. The van der Waals surface area contributed by atoms with Gasteiger partial charge >= 0.3 is 0 Å². The van der Waals surface area contributed by atoms with Crippen molar-refractivity contribution in [2.75, 3.05) is 33.4 Å². The first-order valence-corrected chi connectivity index (χ1v) is 7.39. The monoisotopic (exact) mass is 279 g/mol. The second kappa shape index (κ2) is 7.62. The van der Waals surface area contributed by atoms with Crippen molar-refractivity contribution in [3.05, 3.63) is 29.8 Å². The molecule has 0 amide bonds. The lowest BCUT2D eigenvalue weighted by atomic mass is 10.1. The molecule has 2 rings (SSSR count). The van der Waals surface area contributed by atoms with Gasteiger partial charge in [0, 0.05) is 26.7 Å². The lowest BCUT2D eigenvalue weighted by Gasteiger charge is -2.20. The van der Waals surface area contributed by atoms with Crippen LogP contribution in [-0.2, 0) is 4.74 Å². The largest absolute Gasteiger partial charge is 0.494 e. The van der Waals surface area contributed by atoms with E-state index in [-0.39, 0.29) is 0 Å². The first-order chi connectivity index (χ1) is 9.72. The van der Waals surface area contributed by atoms with Crippen LogP contribution in [-0.4, -0.2) is 49.5 Å². The molecule has 1 fully saturated rings. The average molecular weight is 279 g/mol. The van der Waals surface area contributed by atoms with Gasteiger partial charge in [-0.15, -0.1) is 0 Å². The van der Waals surface area contributed by atoms with Crippen LogP contribution in [0.15, 0.2) is 24.3 Å². The van der Waals surface area contributed by atoms with Crippen molar-refractivity contribution in [2.24, 2.45) is 0 Å². The summed E-state index contributed by atoms with van der Waals surface area (Å²) in [4.78, 5) is 2.25. The molecule has 0 aromatic heterocycles. The van der Waals surface area contributed by atoms with Crippen LogP contribution in [0.25, 0.3) is 0 Å². The van der Waals surface area contributed by atoms with E-state index in [0.717, 1.165) is 43.9 Å². The molecule has 1 aliphatic heterocycles. The Balaban J connectivity index is 1.84. The summed E-state index contributed by atoms with van der Waals surface area (Å²) in [6.07, 6.45) is 1.91. The predicted molar refractivity (Wildman–Crippen MR) is 79.0 cm³/mol. The summed E-state index contributed by atoms with van der Waals surface area (Å²) >= 11 is 0. The van der Waals surface area contributed by atoms with Crippen molar-refractivity contribution in [1.82, 2.24) is 4.90 Å². The summed E-state index contributed by atoms with van der Waals surface area (Å²) in [5.74, 6) is 0.864. The smallest absolute Gasteiger partial charge is 0.119 e. The van der Waals surface area contributed by atoms with E-state index < -0.39 is 6.10 Å². The van der Waals surface area contributed by atoms with E-state index in [2.05, 4.69) is 11.8 Å². The zero-order valence-electron chi connectivity index (χ0n) is 12.4. The van der Waals surface area contributed by atoms with Crippen LogP contribution < -0.4 is 4.74 Å². The molecule has 112 valence electrons. The number of ether oxygens (including phenoxy) is 2. The first kappa shape index (κ1) is 15.3. The summed E-state index contributed by atoms with van der Waals surface area (Å²) in [7, 11) is 1.75. The number of likely N-dealkylation sites (tertiary alicyclic amines) is 1. The highest BCUT2D eigenvalue weighted by molar-refractivity contribution is 5.28. The number of methoxy groups -OCH3 is 1. The third kappa shape index (κ3) is 4.20. The van der Waals surface area contributed by atoms with E-state index in [1.165, 1.54) is 0 Å². The standard InChI is InChI=1S/C16H25NO3/c1-3-10-20-14-6-4-13(5-7-14)16(18)12-17-9-8-15(11-17)19-2/h4-7,15-16,18H,3,8-12H2,1-2H3. The Kier molecular flexibility index (Phi) is 5.83. The molecule has 1 aliphatic rings. The fourth-order valence-corrected chi connectivity index (χ4v) is 2.51. The number of aliphatic hydroxyl groups is 1. The topological polar surface area (TPSA) is 41.9 Å². The fraction of sp³-hybridized carbons (Fsp3) is 0.625. The third-order valence-corrected chi connectivity index (χ3v) is 3.73. The summed E-state index contributed by atoms with van der Waals surface area (Å²) in [6.45, 7) is 5.38. The average Bonchev–Trinajstić information content (AvgIpc) is 2.93. The van der Waals surface area contributed by atoms with Gasteiger partial charge in [0.05, 0.1) is 18.8 Å². The number of benzene rings is 1. The quantitative estimate of drug-likeness (QED) is 0.831. The molecule has 1 saturated heterocycles. The van der Waals surface area contributed by atoms with Crippen molar-refractivity contribution in [1.29, 1.82) is 0 Å². The summed E-state index contributed by atoms with van der Waals surface area (Å²) in [6, 6.07) is 7.74. The summed E-state index contributed by atoms with van der Waals surface area (Å²) < 4.78 is 10.9. The molecule has 4 nitrogen and oxygen atoms in total. The molecule has 1 heterocycles. The zero-order chi connectivity index (χ0) is 14.4. The van der Waals surface area contributed by atoms with E-state index in [1.807, 2.05) is 24.3 Å². The molecular formula is C16H25NO3.